The Kier molecular flexibility index (Phi) is 5.55. The average molecular weight is 397 g/mol. The van der Waals surface area contributed by atoms with Crippen LogP contribution in [0.2, 0.25) is 5.15 Å². The Hall–Kier alpha value is -3.23. The number of benzene rings is 4. The molecule has 0 saturated carbocycles. The third kappa shape index (κ3) is 3.72. The fourth-order valence-electron chi connectivity index (χ4n) is 3.53. The van der Waals surface area contributed by atoms with Gasteiger partial charge >= 0.3 is 0 Å². The molecular formula is C26H21ClN2. The zero-order valence-corrected chi connectivity index (χ0v) is 17.2. The molecule has 5 rings (SSSR count). The first kappa shape index (κ1) is 19.1. The van der Waals surface area contributed by atoms with Gasteiger partial charge < -0.3 is 0 Å². The second kappa shape index (κ2) is 8.42. The molecule has 1 heterocycles. The first-order valence-electron chi connectivity index (χ1n) is 9.80. The molecule has 4 aromatic carbocycles. The quantitative estimate of drug-likeness (QED) is 0.224. The zero-order chi connectivity index (χ0) is 20.2. The van der Waals surface area contributed by atoms with E-state index in [1.165, 1.54) is 10.8 Å². The van der Waals surface area contributed by atoms with Gasteiger partial charge in [0.25, 0.3) is 0 Å². The number of halogens is 1. The molecular weight excluding hydrogens is 376 g/mol. The van der Waals surface area contributed by atoms with Crippen LogP contribution in [0.5, 0.6) is 0 Å². The highest BCUT2D eigenvalue weighted by molar-refractivity contribution is 6.29. The van der Waals surface area contributed by atoms with E-state index in [9.17, 15) is 0 Å². The summed E-state index contributed by atoms with van der Waals surface area (Å²) in [5.74, 6) is 0.642. The van der Waals surface area contributed by atoms with Gasteiger partial charge in [-0.3, -0.25) is 0 Å². The third-order valence-corrected chi connectivity index (χ3v) is 4.97. The molecule has 29 heavy (non-hydrogen) atoms. The zero-order valence-electron chi connectivity index (χ0n) is 16.4. The van der Waals surface area contributed by atoms with Crippen LogP contribution in [-0.2, 0) is 0 Å². The van der Waals surface area contributed by atoms with Gasteiger partial charge in [0.1, 0.15) is 5.15 Å². The van der Waals surface area contributed by atoms with E-state index in [4.69, 9.17) is 16.6 Å². The van der Waals surface area contributed by atoms with Gasteiger partial charge in [-0.2, -0.15) is 0 Å². The van der Waals surface area contributed by atoms with Crippen molar-refractivity contribution < 1.29 is 0 Å². The largest absolute Gasteiger partial charge is 0.228 e. The van der Waals surface area contributed by atoms with Crippen LogP contribution >= 0.6 is 11.6 Å². The van der Waals surface area contributed by atoms with Crippen LogP contribution < -0.4 is 0 Å². The molecule has 0 radical (unpaired) electrons. The summed E-state index contributed by atoms with van der Waals surface area (Å²) in [6.45, 7) is 4.00. The summed E-state index contributed by atoms with van der Waals surface area (Å²) in [7, 11) is 0. The van der Waals surface area contributed by atoms with E-state index in [1.807, 2.05) is 56.3 Å². The van der Waals surface area contributed by atoms with E-state index in [0.29, 0.717) is 11.0 Å². The van der Waals surface area contributed by atoms with Crippen molar-refractivity contribution in [3.05, 3.63) is 96.1 Å². The van der Waals surface area contributed by atoms with Gasteiger partial charge in [0, 0.05) is 17.2 Å². The highest BCUT2D eigenvalue weighted by atomic mass is 35.5. The lowest BCUT2D eigenvalue weighted by Crippen LogP contribution is -1.94. The molecule has 0 unspecified atom stereocenters. The fraction of sp³-hybridized carbons (Fsp3) is 0.0769. The van der Waals surface area contributed by atoms with E-state index >= 15 is 0 Å². The predicted molar refractivity (Wildman–Crippen MR) is 124 cm³/mol. The maximum atomic E-state index is 6.37. The highest BCUT2D eigenvalue weighted by Crippen LogP contribution is 2.34. The smallest absolute Gasteiger partial charge is 0.162 e. The Balaban J connectivity index is 0.000000994. The van der Waals surface area contributed by atoms with E-state index in [-0.39, 0.29) is 0 Å². The predicted octanol–water partition coefficient (Wildman–Crippen LogP) is 7.80. The Morgan fingerprint density at radius 3 is 2.00 bits per heavy atom. The molecule has 0 saturated heterocycles. The molecule has 0 aliphatic heterocycles. The van der Waals surface area contributed by atoms with Crippen molar-refractivity contribution in [2.45, 2.75) is 13.8 Å². The van der Waals surface area contributed by atoms with Crippen LogP contribution in [0.4, 0.5) is 0 Å². The first-order chi connectivity index (χ1) is 14.3. The Labute approximate surface area is 175 Å². The molecule has 0 amide bonds. The van der Waals surface area contributed by atoms with Gasteiger partial charge in [-0.1, -0.05) is 104 Å². The summed E-state index contributed by atoms with van der Waals surface area (Å²) in [6, 6.07) is 30.8. The molecule has 0 bridgehead atoms. The topological polar surface area (TPSA) is 25.8 Å². The van der Waals surface area contributed by atoms with Crippen molar-refractivity contribution in [1.82, 2.24) is 9.97 Å². The minimum Gasteiger partial charge on any atom is -0.228 e. The Morgan fingerprint density at radius 1 is 0.621 bits per heavy atom. The lowest BCUT2D eigenvalue weighted by Gasteiger charge is -2.11. The summed E-state index contributed by atoms with van der Waals surface area (Å²) >= 11 is 6.37. The lowest BCUT2D eigenvalue weighted by atomic mass is 9.97. The SMILES string of the molecule is CC.Clc1cc(-c2ccccc2)nc(-c2cc3ccccc3c3ccccc23)n1. The number of fused-ring (bicyclic) bond motifs is 3. The molecule has 0 fully saturated rings. The summed E-state index contributed by atoms with van der Waals surface area (Å²) in [4.78, 5) is 9.38. The molecule has 5 aromatic rings. The second-order valence-electron chi connectivity index (χ2n) is 6.46. The van der Waals surface area contributed by atoms with Gasteiger partial charge in [0.05, 0.1) is 5.69 Å². The van der Waals surface area contributed by atoms with Gasteiger partial charge in [0.2, 0.25) is 0 Å². The number of aromatic nitrogens is 2. The number of hydrogen-bond donors (Lipinski definition) is 0. The lowest BCUT2D eigenvalue weighted by molar-refractivity contribution is 1.18. The maximum Gasteiger partial charge on any atom is 0.162 e. The Morgan fingerprint density at radius 2 is 1.24 bits per heavy atom. The van der Waals surface area contributed by atoms with Crippen LogP contribution in [-0.4, -0.2) is 9.97 Å². The van der Waals surface area contributed by atoms with Gasteiger partial charge in [0.15, 0.2) is 5.82 Å². The normalized spacial score (nSPS) is 10.6. The van der Waals surface area contributed by atoms with Crippen LogP contribution in [0.15, 0.2) is 91.0 Å². The standard InChI is InChI=1S/C24H15ClN2.C2H6/c25-23-15-22(16-8-2-1-3-9-16)26-24(27-23)21-14-17-10-4-5-11-18(17)19-12-6-7-13-20(19)21;1-2/h1-15H;1-2H3. The van der Waals surface area contributed by atoms with Crippen LogP contribution in [0.1, 0.15) is 13.8 Å². The molecule has 142 valence electrons. The van der Waals surface area contributed by atoms with Crippen molar-refractivity contribution in [2.24, 2.45) is 0 Å². The third-order valence-electron chi connectivity index (χ3n) is 4.77. The minimum absolute atomic E-state index is 0.441. The highest BCUT2D eigenvalue weighted by Gasteiger charge is 2.13. The van der Waals surface area contributed by atoms with Crippen molar-refractivity contribution in [2.75, 3.05) is 0 Å². The van der Waals surface area contributed by atoms with Crippen molar-refractivity contribution >= 4 is 33.1 Å². The van der Waals surface area contributed by atoms with Gasteiger partial charge in [-0.25, -0.2) is 9.97 Å². The molecule has 2 nitrogen and oxygen atoms in total. The fourth-order valence-corrected chi connectivity index (χ4v) is 3.72. The number of rotatable bonds is 2. The maximum absolute atomic E-state index is 6.37. The van der Waals surface area contributed by atoms with Crippen LogP contribution in [0.3, 0.4) is 0 Å². The first-order valence-corrected chi connectivity index (χ1v) is 10.2. The van der Waals surface area contributed by atoms with E-state index in [2.05, 4.69) is 53.5 Å². The van der Waals surface area contributed by atoms with E-state index in [0.717, 1.165) is 27.6 Å². The summed E-state index contributed by atoms with van der Waals surface area (Å²) in [6.07, 6.45) is 0. The van der Waals surface area contributed by atoms with Crippen molar-refractivity contribution in [3.8, 4) is 22.6 Å². The monoisotopic (exact) mass is 396 g/mol. The molecule has 0 aliphatic carbocycles. The molecule has 0 aliphatic rings. The molecule has 3 heteroatoms. The summed E-state index contributed by atoms with van der Waals surface area (Å²) in [5.41, 5.74) is 2.83. The molecule has 0 N–H and O–H groups in total. The number of hydrogen-bond acceptors (Lipinski definition) is 2. The summed E-state index contributed by atoms with van der Waals surface area (Å²) < 4.78 is 0. The Bertz CT molecular complexity index is 1280. The average Bonchev–Trinajstić information content (AvgIpc) is 2.80. The van der Waals surface area contributed by atoms with E-state index in [1.54, 1.807) is 0 Å². The van der Waals surface area contributed by atoms with Crippen molar-refractivity contribution in [3.63, 3.8) is 0 Å². The second-order valence-corrected chi connectivity index (χ2v) is 6.84. The van der Waals surface area contributed by atoms with Crippen LogP contribution in [0, 0.1) is 0 Å². The molecule has 0 spiro atoms. The van der Waals surface area contributed by atoms with Crippen LogP contribution in [0.25, 0.3) is 44.2 Å². The van der Waals surface area contributed by atoms with Gasteiger partial charge in [-0.05, 0) is 27.6 Å². The van der Waals surface area contributed by atoms with Crippen molar-refractivity contribution in [1.29, 1.82) is 0 Å². The van der Waals surface area contributed by atoms with Gasteiger partial charge in [-0.15, -0.1) is 0 Å². The molecule has 0 atom stereocenters. The minimum atomic E-state index is 0.441. The molecule has 1 aromatic heterocycles. The summed E-state index contributed by atoms with van der Waals surface area (Å²) in [5, 5.41) is 5.14. The number of nitrogens with zero attached hydrogens (tertiary/aromatic N) is 2. The van der Waals surface area contributed by atoms with E-state index < -0.39 is 0 Å².